The molecule has 15 heavy (non-hydrogen) atoms. The Labute approximate surface area is 98.9 Å². The Hall–Kier alpha value is -0.360. The SMILES string of the molecule is CCN(C)S(=O)(=O)c1cnc(Cl)c(Cl)c1. The first-order valence-electron chi connectivity index (χ1n) is 4.17. The number of hydrogen-bond donors (Lipinski definition) is 0. The molecule has 0 amide bonds. The van der Waals surface area contributed by atoms with Crippen LogP contribution in [-0.2, 0) is 10.0 Å². The van der Waals surface area contributed by atoms with E-state index in [1.165, 1.54) is 23.6 Å². The molecule has 0 saturated heterocycles. The highest BCUT2D eigenvalue weighted by Gasteiger charge is 2.20. The van der Waals surface area contributed by atoms with Crippen molar-refractivity contribution in [1.29, 1.82) is 0 Å². The second-order valence-corrected chi connectivity index (χ2v) is 5.67. The van der Waals surface area contributed by atoms with E-state index in [2.05, 4.69) is 4.98 Å². The zero-order chi connectivity index (χ0) is 11.6. The molecule has 0 aliphatic heterocycles. The maximum absolute atomic E-state index is 11.8. The van der Waals surface area contributed by atoms with Crippen molar-refractivity contribution < 1.29 is 8.42 Å². The third kappa shape index (κ3) is 2.60. The smallest absolute Gasteiger partial charge is 0.242 e. The van der Waals surface area contributed by atoms with Crippen LogP contribution in [0.1, 0.15) is 6.92 Å². The van der Waals surface area contributed by atoms with Crippen molar-refractivity contribution in [2.45, 2.75) is 11.8 Å². The molecule has 1 rings (SSSR count). The number of halogens is 2. The van der Waals surface area contributed by atoms with E-state index in [-0.39, 0.29) is 15.1 Å². The molecule has 0 fully saturated rings. The van der Waals surface area contributed by atoms with Crippen LogP contribution in [0.4, 0.5) is 0 Å². The summed E-state index contributed by atoms with van der Waals surface area (Å²) in [6.07, 6.45) is 1.19. The Morgan fingerprint density at radius 1 is 1.47 bits per heavy atom. The average Bonchev–Trinajstić information content (AvgIpc) is 2.20. The predicted octanol–water partition coefficient (Wildman–Crippen LogP) is 2.03. The summed E-state index contributed by atoms with van der Waals surface area (Å²) in [6, 6.07) is 1.29. The number of nitrogens with zero attached hydrogens (tertiary/aromatic N) is 2. The fourth-order valence-electron chi connectivity index (χ4n) is 0.895. The topological polar surface area (TPSA) is 50.3 Å². The van der Waals surface area contributed by atoms with E-state index in [0.717, 1.165) is 0 Å². The number of aromatic nitrogens is 1. The van der Waals surface area contributed by atoms with E-state index in [4.69, 9.17) is 23.2 Å². The van der Waals surface area contributed by atoms with E-state index < -0.39 is 10.0 Å². The second-order valence-electron chi connectivity index (χ2n) is 2.86. The minimum Gasteiger partial charge on any atom is -0.242 e. The van der Waals surface area contributed by atoms with Gasteiger partial charge in [-0.15, -0.1) is 0 Å². The van der Waals surface area contributed by atoms with Gasteiger partial charge < -0.3 is 0 Å². The molecule has 1 heterocycles. The molecule has 0 aliphatic rings. The Bertz CT molecular complexity index is 462. The number of sulfonamides is 1. The van der Waals surface area contributed by atoms with Crippen LogP contribution in [0.3, 0.4) is 0 Å². The molecular weight excluding hydrogens is 259 g/mol. The molecule has 1 aromatic rings. The summed E-state index contributed by atoms with van der Waals surface area (Å²) < 4.78 is 24.8. The van der Waals surface area contributed by atoms with Gasteiger partial charge in [0.1, 0.15) is 10.0 Å². The van der Waals surface area contributed by atoms with Crippen molar-refractivity contribution in [3.8, 4) is 0 Å². The zero-order valence-electron chi connectivity index (χ0n) is 8.24. The van der Waals surface area contributed by atoms with Gasteiger partial charge in [-0.2, -0.15) is 0 Å². The van der Waals surface area contributed by atoms with E-state index in [9.17, 15) is 8.42 Å². The lowest BCUT2D eigenvalue weighted by molar-refractivity contribution is 0.486. The first-order chi connectivity index (χ1) is 6.89. The lowest BCUT2D eigenvalue weighted by Gasteiger charge is -2.14. The van der Waals surface area contributed by atoms with Crippen molar-refractivity contribution in [3.05, 3.63) is 22.4 Å². The molecule has 4 nitrogen and oxygen atoms in total. The third-order valence-electron chi connectivity index (χ3n) is 1.92. The number of pyridine rings is 1. The molecule has 0 atom stereocenters. The van der Waals surface area contributed by atoms with Crippen molar-refractivity contribution in [2.24, 2.45) is 0 Å². The first-order valence-corrected chi connectivity index (χ1v) is 6.36. The molecule has 0 unspecified atom stereocenters. The number of rotatable bonds is 3. The maximum Gasteiger partial charge on any atom is 0.244 e. The van der Waals surface area contributed by atoms with Crippen LogP contribution in [0, 0.1) is 0 Å². The van der Waals surface area contributed by atoms with Crippen molar-refractivity contribution in [3.63, 3.8) is 0 Å². The Balaban J connectivity index is 3.23. The summed E-state index contributed by atoms with van der Waals surface area (Å²) in [5.41, 5.74) is 0. The Morgan fingerprint density at radius 3 is 2.53 bits per heavy atom. The molecule has 84 valence electrons. The Morgan fingerprint density at radius 2 is 2.07 bits per heavy atom. The van der Waals surface area contributed by atoms with Gasteiger partial charge in [-0.1, -0.05) is 30.1 Å². The van der Waals surface area contributed by atoms with E-state index in [1.54, 1.807) is 6.92 Å². The standard InChI is InChI=1S/C8H10Cl2N2O2S/c1-3-12(2)15(13,14)6-4-7(9)8(10)11-5-6/h4-5H,3H2,1-2H3. The molecule has 0 spiro atoms. The van der Waals surface area contributed by atoms with Gasteiger partial charge >= 0.3 is 0 Å². The summed E-state index contributed by atoms with van der Waals surface area (Å²) in [4.78, 5) is 3.73. The van der Waals surface area contributed by atoms with Crippen molar-refractivity contribution >= 4 is 33.2 Å². The van der Waals surface area contributed by atoms with Gasteiger partial charge in [0.05, 0.1) is 5.02 Å². The van der Waals surface area contributed by atoms with Gasteiger partial charge in [0.2, 0.25) is 10.0 Å². The molecule has 7 heteroatoms. The van der Waals surface area contributed by atoms with Gasteiger partial charge in [-0.3, -0.25) is 0 Å². The minimum atomic E-state index is -3.50. The van der Waals surface area contributed by atoms with E-state index in [1.807, 2.05) is 0 Å². The monoisotopic (exact) mass is 268 g/mol. The summed E-state index contributed by atoms with van der Waals surface area (Å²) in [5.74, 6) is 0. The van der Waals surface area contributed by atoms with Crippen LogP contribution >= 0.6 is 23.2 Å². The highest BCUT2D eigenvalue weighted by atomic mass is 35.5. The van der Waals surface area contributed by atoms with Gasteiger partial charge in [0.15, 0.2) is 0 Å². The largest absolute Gasteiger partial charge is 0.244 e. The maximum atomic E-state index is 11.8. The highest BCUT2D eigenvalue weighted by Crippen LogP contribution is 2.23. The molecule has 0 aromatic carbocycles. The molecule has 0 aliphatic carbocycles. The van der Waals surface area contributed by atoms with Gasteiger partial charge in [0.25, 0.3) is 0 Å². The van der Waals surface area contributed by atoms with Gasteiger partial charge in [-0.05, 0) is 6.07 Å². The first kappa shape index (κ1) is 12.7. The fourth-order valence-corrected chi connectivity index (χ4v) is 2.38. The molecule has 1 aromatic heterocycles. The van der Waals surface area contributed by atoms with Crippen LogP contribution < -0.4 is 0 Å². The summed E-state index contributed by atoms with van der Waals surface area (Å²) in [7, 11) is -2.02. The quantitative estimate of drug-likeness (QED) is 0.789. The summed E-state index contributed by atoms with van der Waals surface area (Å²) in [5, 5.41) is 0.219. The lowest BCUT2D eigenvalue weighted by Crippen LogP contribution is -2.26. The van der Waals surface area contributed by atoms with Crippen LogP contribution in [0.25, 0.3) is 0 Å². The molecular formula is C8H10Cl2N2O2S. The van der Waals surface area contributed by atoms with Crippen LogP contribution in [-0.4, -0.2) is 31.3 Å². The van der Waals surface area contributed by atoms with E-state index >= 15 is 0 Å². The van der Waals surface area contributed by atoms with Gasteiger partial charge in [0, 0.05) is 19.8 Å². The van der Waals surface area contributed by atoms with Crippen LogP contribution in [0.5, 0.6) is 0 Å². The minimum absolute atomic E-state index is 0.0428. The zero-order valence-corrected chi connectivity index (χ0v) is 10.6. The summed E-state index contributed by atoms with van der Waals surface area (Å²) in [6.45, 7) is 2.12. The summed E-state index contributed by atoms with van der Waals surface area (Å²) >= 11 is 11.3. The molecule has 0 N–H and O–H groups in total. The molecule has 0 bridgehead atoms. The third-order valence-corrected chi connectivity index (χ3v) is 4.51. The molecule has 0 saturated carbocycles. The van der Waals surface area contributed by atoms with Crippen LogP contribution in [0.15, 0.2) is 17.2 Å². The van der Waals surface area contributed by atoms with Crippen LogP contribution in [0.2, 0.25) is 10.2 Å². The lowest BCUT2D eigenvalue weighted by atomic mass is 10.5. The van der Waals surface area contributed by atoms with Crippen molar-refractivity contribution in [2.75, 3.05) is 13.6 Å². The van der Waals surface area contributed by atoms with E-state index in [0.29, 0.717) is 6.54 Å². The highest BCUT2D eigenvalue weighted by molar-refractivity contribution is 7.89. The molecule has 0 radical (unpaired) electrons. The normalized spacial score (nSPS) is 12.1. The fraction of sp³-hybridized carbons (Fsp3) is 0.375. The average molecular weight is 269 g/mol. The Kier molecular flexibility index (Phi) is 3.94. The predicted molar refractivity (Wildman–Crippen MR) is 59.7 cm³/mol. The van der Waals surface area contributed by atoms with Gasteiger partial charge in [-0.25, -0.2) is 17.7 Å². The van der Waals surface area contributed by atoms with Crippen molar-refractivity contribution in [1.82, 2.24) is 9.29 Å². The number of hydrogen-bond acceptors (Lipinski definition) is 3. The second kappa shape index (κ2) is 4.65.